The summed E-state index contributed by atoms with van der Waals surface area (Å²) in [5.74, 6) is 0.982. The van der Waals surface area contributed by atoms with Gasteiger partial charge in [0.25, 0.3) is 0 Å². The zero-order chi connectivity index (χ0) is 13.9. The number of rotatable bonds is 2. The molecule has 3 rings (SSSR count). The van der Waals surface area contributed by atoms with Crippen LogP contribution in [0.1, 0.15) is 29.4 Å². The summed E-state index contributed by atoms with van der Waals surface area (Å²) in [6, 6.07) is 16.5. The van der Waals surface area contributed by atoms with Crippen LogP contribution in [0.2, 0.25) is 10.0 Å². The third-order valence-corrected chi connectivity index (χ3v) is 4.54. The Morgan fingerprint density at radius 1 is 0.850 bits per heavy atom. The van der Waals surface area contributed by atoms with Gasteiger partial charge in [0, 0.05) is 22.5 Å². The highest BCUT2D eigenvalue weighted by Crippen LogP contribution is 2.38. The molecule has 1 nitrogen and oxygen atoms in total. The van der Waals surface area contributed by atoms with E-state index in [-0.39, 0.29) is 0 Å². The molecule has 1 heterocycles. The maximum Gasteiger partial charge on any atom is 0.0408 e. The largest absolute Gasteiger partial charge is 0.316 e. The van der Waals surface area contributed by atoms with E-state index in [1.807, 2.05) is 24.3 Å². The minimum absolute atomic E-state index is 0.472. The summed E-state index contributed by atoms with van der Waals surface area (Å²) in [5.41, 5.74) is 2.67. The van der Waals surface area contributed by atoms with Crippen LogP contribution in [-0.2, 0) is 0 Å². The first-order valence-electron chi connectivity index (χ1n) is 6.95. The van der Waals surface area contributed by atoms with Crippen LogP contribution < -0.4 is 5.32 Å². The smallest absolute Gasteiger partial charge is 0.0408 e. The molecule has 104 valence electrons. The van der Waals surface area contributed by atoms with Gasteiger partial charge in [-0.05, 0) is 54.3 Å². The van der Waals surface area contributed by atoms with Gasteiger partial charge in [0.05, 0.1) is 0 Å². The second kappa shape index (κ2) is 6.17. The van der Waals surface area contributed by atoms with Gasteiger partial charge in [-0.1, -0.05) is 47.5 Å². The van der Waals surface area contributed by atoms with Crippen LogP contribution in [0.4, 0.5) is 0 Å². The normalized spacial score (nSPS) is 22.7. The molecule has 1 saturated heterocycles. The number of benzene rings is 2. The zero-order valence-corrected chi connectivity index (χ0v) is 12.7. The van der Waals surface area contributed by atoms with Crippen LogP contribution in [0, 0.1) is 0 Å². The van der Waals surface area contributed by atoms with E-state index in [1.165, 1.54) is 11.1 Å². The van der Waals surface area contributed by atoms with E-state index < -0.39 is 0 Å². The first kappa shape index (κ1) is 13.9. The Hall–Kier alpha value is -1.02. The monoisotopic (exact) mass is 305 g/mol. The minimum atomic E-state index is 0.472. The van der Waals surface area contributed by atoms with Gasteiger partial charge in [-0.3, -0.25) is 0 Å². The molecule has 1 N–H and O–H groups in total. The molecule has 3 heteroatoms. The number of hydrogen-bond acceptors (Lipinski definition) is 1. The quantitative estimate of drug-likeness (QED) is 0.836. The zero-order valence-electron chi connectivity index (χ0n) is 11.2. The Labute approximate surface area is 129 Å². The lowest BCUT2D eigenvalue weighted by Crippen LogP contribution is -2.34. The van der Waals surface area contributed by atoms with Gasteiger partial charge >= 0.3 is 0 Å². The fraction of sp³-hybridized carbons (Fsp3) is 0.294. The van der Waals surface area contributed by atoms with Crippen molar-refractivity contribution in [2.75, 3.05) is 13.1 Å². The van der Waals surface area contributed by atoms with Crippen LogP contribution in [0.5, 0.6) is 0 Å². The van der Waals surface area contributed by atoms with Gasteiger partial charge in [-0.15, -0.1) is 0 Å². The Morgan fingerprint density at radius 3 is 2.40 bits per heavy atom. The predicted octanol–water partition coefficient (Wildman–Crippen LogP) is 4.85. The Balaban J connectivity index is 1.93. The predicted molar refractivity (Wildman–Crippen MR) is 85.9 cm³/mol. The Kier molecular flexibility index (Phi) is 4.30. The summed E-state index contributed by atoms with van der Waals surface area (Å²) in [6.45, 7) is 2.06. The molecule has 1 aliphatic rings. The van der Waals surface area contributed by atoms with E-state index in [4.69, 9.17) is 23.2 Å². The van der Waals surface area contributed by atoms with E-state index in [0.29, 0.717) is 11.8 Å². The third-order valence-electron chi connectivity index (χ3n) is 4.06. The van der Waals surface area contributed by atoms with Gasteiger partial charge in [-0.2, -0.15) is 0 Å². The second-order valence-corrected chi connectivity index (χ2v) is 6.19. The van der Waals surface area contributed by atoms with Crippen molar-refractivity contribution in [3.05, 3.63) is 69.7 Å². The molecule has 0 spiro atoms. The summed E-state index contributed by atoms with van der Waals surface area (Å²) in [6.07, 6.45) is 1.13. The molecule has 2 aromatic carbocycles. The molecule has 0 radical (unpaired) electrons. The molecule has 1 aliphatic heterocycles. The average molecular weight is 306 g/mol. The fourth-order valence-electron chi connectivity index (χ4n) is 3.05. The van der Waals surface area contributed by atoms with Crippen LogP contribution in [0.3, 0.4) is 0 Å². The molecule has 2 unspecified atom stereocenters. The van der Waals surface area contributed by atoms with E-state index in [2.05, 4.69) is 29.6 Å². The van der Waals surface area contributed by atoms with Crippen molar-refractivity contribution in [3.8, 4) is 0 Å². The first-order valence-corrected chi connectivity index (χ1v) is 7.71. The highest BCUT2D eigenvalue weighted by Gasteiger charge is 2.27. The molecule has 0 aliphatic carbocycles. The van der Waals surface area contributed by atoms with Gasteiger partial charge in [-0.25, -0.2) is 0 Å². The molecule has 2 atom stereocenters. The molecule has 2 aromatic rings. The van der Waals surface area contributed by atoms with E-state index in [9.17, 15) is 0 Å². The van der Waals surface area contributed by atoms with Crippen LogP contribution in [0.25, 0.3) is 0 Å². The van der Waals surface area contributed by atoms with Gasteiger partial charge in [0.2, 0.25) is 0 Å². The number of halogens is 2. The highest BCUT2D eigenvalue weighted by molar-refractivity contribution is 6.30. The van der Waals surface area contributed by atoms with Gasteiger partial charge in [0.15, 0.2) is 0 Å². The third kappa shape index (κ3) is 3.01. The van der Waals surface area contributed by atoms with Crippen LogP contribution in [-0.4, -0.2) is 13.1 Å². The molecule has 0 amide bonds. The summed E-state index contributed by atoms with van der Waals surface area (Å²) in [7, 11) is 0. The van der Waals surface area contributed by atoms with Crippen LogP contribution >= 0.6 is 23.2 Å². The van der Waals surface area contributed by atoms with E-state index in [1.54, 1.807) is 0 Å². The summed E-state index contributed by atoms with van der Waals surface area (Å²) < 4.78 is 0. The average Bonchev–Trinajstić information content (AvgIpc) is 2.48. The highest BCUT2D eigenvalue weighted by atomic mass is 35.5. The van der Waals surface area contributed by atoms with Crippen molar-refractivity contribution in [3.63, 3.8) is 0 Å². The molecule has 0 aromatic heterocycles. The van der Waals surface area contributed by atoms with Crippen molar-refractivity contribution < 1.29 is 0 Å². The van der Waals surface area contributed by atoms with Gasteiger partial charge in [0.1, 0.15) is 0 Å². The molecule has 0 saturated carbocycles. The second-order valence-electron chi connectivity index (χ2n) is 5.31. The van der Waals surface area contributed by atoms with E-state index >= 15 is 0 Å². The summed E-state index contributed by atoms with van der Waals surface area (Å²) in [4.78, 5) is 0. The first-order chi connectivity index (χ1) is 9.74. The lowest BCUT2D eigenvalue weighted by atomic mass is 9.77. The number of hydrogen-bond donors (Lipinski definition) is 1. The van der Waals surface area contributed by atoms with Crippen molar-refractivity contribution in [2.24, 2.45) is 0 Å². The van der Waals surface area contributed by atoms with Crippen molar-refractivity contribution >= 4 is 23.2 Å². The topological polar surface area (TPSA) is 12.0 Å². The molecular formula is C17H17Cl2N. The summed E-state index contributed by atoms with van der Waals surface area (Å²) in [5, 5.41) is 5.10. The Bertz CT molecular complexity index is 580. The lowest BCUT2D eigenvalue weighted by Gasteiger charge is -2.33. The molecule has 0 bridgehead atoms. The number of piperidine rings is 1. The fourth-order valence-corrected chi connectivity index (χ4v) is 3.38. The summed E-state index contributed by atoms with van der Waals surface area (Å²) >= 11 is 12.1. The minimum Gasteiger partial charge on any atom is -0.316 e. The SMILES string of the molecule is Clc1ccc(C2CNCCC2c2cccc(Cl)c2)cc1. The van der Waals surface area contributed by atoms with Gasteiger partial charge < -0.3 is 5.32 Å². The molecule has 20 heavy (non-hydrogen) atoms. The van der Waals surface area contributed by atoms with Crippen molar-refractivity contribution in [1.82, 2.24) is 5.32 Å². The maximum absolute atomic E-state index is 6.15. The van der Waals surface area contributed by atoms with E-state index in [0.717, 1.165) is 29.6 Å². The van der Waals surface area contributed by atoms with Crippen LogP contribution in [0.15, 0.2) is 48.5 Å². The van der Waals surface area contributed by atoms with Crippen molar-refractivity contribution in [2.45, 2.75) is 18.3 Å². The standard InChI is InChI=1S/C17H17Cl2N/c18-14-6-4-12(5-7-14)17-11-20-9-8-16(17)13-2-1-3-15(19)10-13/h1-7,10,16-17,20H,8-9,11H2. The number of nitrogens with one attached hydrogen (secondary N) is 1. The molecule has 1 fully saturated rings. The lowest BCUT2D eigenvalue weighted by molar-refractivity contribution is 0.404. The maximum atomic E-state index is 6.15. The van der Waals surface area contributed by atoms with Crippen molar-refractivity contribution in [1.29, 1.82) is 0 Å². The Morgan fingerprint density at radius 2 is 1.65 bits per heavy atom. The molecular weight excluding hydrogens is 289 g/mol.